The fraction of sp³-hybridized carbons (Fsp3) is 0.556. The summed E-state index contributed by atoms with van der Waals surface area (Å²) in [5, 5.41) is 4.05. The maximum atomic E-state index is 11.5. The monoisotopic (exact) mass is 320 g/mol. The van der Waals surface area contributed by atoms with E-state index in [4.69, 9.17) is 0 Å². The molecule has 1 unspecified atom stereocenters. The minimum Gasteiger partial charge on any atom is -0.345 e. The number of nitrogens with one attached hydrogen (secondary N) is 1. The number of halogens is 1. The highest BCUT2D eigenvalue weighted by molar-refractivity contribution is 14.1. The van der Waals surface area contributed by atoms with E-state index in [-0.39, 0.29) is 17.4 Å². The van der Waals surface area contributed by atoms with Gasteiger partial charge in [0.15, 0.2) is 0 Å². The Labute approximate surface area is 99.4 Å². The number of carbonyl (C=O) groups is 1. The van der Waals surface area contributed by atoms with E-state index in [2.05, 4.69) is 32.9 Å². The fourth-order valence-electron chi connectivity index (χ4n) is 2.24. The summed E-state index contributed by atoms with van der Waals surface area (Å²) in [5.74, 6) is 0.235. The molecule has 1 N–H and O–H groups in total. The molecule has 2 fully saturated rings. The van der Waals surface area contributed by atoms with E-state index in [0.717, 1.165) is 17.8 Å². The minimum absolute atomic E-state index is 0.0685. The van der Waals surface area contributed by atoms with Gasteiger partial charge in [0, 0.05) is 0 Å². The Morgan fingerprint density at radius 3 is 2.86 bits per heavy atom. The number of carbonyl (C=O) groups excluding carboxylic acids is 1. The smallest absolute Gasteiger partial charge is 0.229 e. The summed E-state index contributed by atoms with van der Waals surface area (Å²) in [5.41, 5.74) is -0.0685. The molecule has 1 aromatic rings. The summed E-state index contributed by atoms with van der Waals surface area (Å²) in [6, 6.07) is 0.206. The molecule has 0 aromatic carbocycles. The van der Waals surface area contributed by atoms with Crippen LogP contribution in [0.25, 0.3) is 0 Å². The lowest BCUT2D eigenvalue weighted by molar-refractivity contribution is -0.155. The van der Waals surface area contributed by atoms with Crippen molar-refractivity contribution in [3.63, 3.8) is 0 Å². The number of rotatable bonds is 1. The maximum absolute atomic E-state index is 11.5. The number of β-lactam (4-membered cyclic amide) rings is 1. The third-order valence-corrected chi connectivity index (χ3v) is 5.06. The molecule has 1 saturated carbocycles. The molecule has 1 amide bonds. The van der Waals surface area contributed by atoms with Crippen molar-refractivity contribution < 1.29 is 4.79 Å². The average molecular weight is 320 g/mol. The molecule has 2 heterocycles. The van der Waals surface area contributed by atoms with Crippen LogP contribution in [0.4, 0.5) is 0 Å². The number of thiazole rings is 1. The van der Waals surface area contributed by atoms with Crippen LogP contribution in [-0.2, 0) is 4.79 Å². The zero-order valence-corrected chi connectivity index (χ0v) is 10.4. The van der Waals surface area contributed by atoms with Gasteiger partial charge in [0.1, 0.15) is 5.01 Å². The topological polar surface area (TPSA) is 42.0 Å². The second-order valence-electron chi connectivity index (χ2n) is 3.92. The molecule has 1 aliphatic carbocycles. The average Bonchev–Trinajstić information content (AvgIpc) is 2.44. The molecule has 1 aromatic heterocycles. The van der Waals surface area contributed by atoms with Gasteiger partial charge in [-0.25, -0.2) is 4.98 Å². The van der Waals surface area contributed by atoms with Crippen molar-refractivity contribution in [1.29, 1.82) is 0 Å². The first-order valence-corrected chi connectivity index (χ1v) is 6.54. The first kappa shape index (κ1) is 9.08. The van der Waals surface area contributed by atoms with Crippen LogP contribution in [0.15, 0.2) is 6.20 Å². The minimum atomic E-state index is -0.0685. The van der Waals surface area contributed by atoms with Crippen LogP contribution in [0.2, 0.25) is 0 Å². The van der Waals surface area contributed by atoms with Crippen molar-refractivity contribution in [2.45, 2.75) is 25.3 Å². The predicted octanol–water partition coefficient (Wildman–Crippen LogP) is 2.09. The Morgan fingerprint density at radius 2 is 2.43 bits per heavy atom. The van der Waals surface area contributed by atoms with Gasteiger partial charge < -0.3 is 5.32 Å². The molecular weight excluding hydrogens is 311 g/mol. The van der Waals surface area contributed by atoms with Gasteiger partial charge in [-0.15, -0.1) is 11.3 Å². The lowest BCUT2D eigenvalue weighted by atomic mass is 9.59. The van der Waals surface area contributed by atoms with Gasteiger partial charge in [-0.2, -0.15) is 0 Å². The van der Waals surface area contributed by atoms with Crippen molar-refractivity contribution >= 4 is 39.8 Å². The van der Waals surface area contributed by atoms with Crippen LogP contribution in [0, 0.1) is 8.30 Å². The number of nitrogens with zero attached hydrogens (tertiary/aromatic N) is 1. The summed E-state index contributed by atoms with van der Waals surface area (Å²) in [6.45, 7) is 0. The van der Waals surface area contributed by atoms with E-state index < -0.39 is 0 Å². The molecule has 3 rings (SSSR count). The van der Waals surface area contributed by atoms with Crippen molar-refractivity contribution in [3.05, 3.63) is 14.1 Å². The molecule has 0 bridgehead atoms. The molecule has 0 radical (unpaired) electrons. The van der Waals surface area contributed by atoms with Gasteiger partial charge in [-0.3, -0.25) is 4.79 Å². The molecule has 1 atom stereocenters. The highest BCUT2D eigenvalue weighted by Crippen LogP contribution is 2.56. The fourth-order valence-corrected chi connectivity index (χ4v) is 3.87. The molecule has 3 nitrogen and oxygen atoms in total. The molecule has 14 heavy (non-hydrogen) atoms. The van der Waals surface area contributed by atoms with Crippen LogP contribution in [0.5, 0.6) is 0 Å². The summed E-state index contributed by atoms with van der Waals surface area (Å²) in [4.78, 5) is 15.8. The summed E-state index contributed by atoms with van der Waals surface area (Å²) < 4.78 is 1.19. The van der Waals surface area contributed by atoms with Crippen molar-refractivity contribution in [2.24, 2.45) is 5.41 Å². The van der Waals surface area contributed by atoms with Gasteiger partial charge in [-0.1, -0.05) is 6.42 Å². The van der Waals surface area contributed by atoms with E-state index >= 15 is 0 Å². The molecule has 1 spiro atoms. The van der Waals surface area contributed by atoms with Gasteiger partial charge in [0.2, 0.25) is 5.91 Å². The van der Waals surface area contributed by atoms with E-state index in [1.807, 2.05) is 6.20 Å². The zero-order chi connectivity index (χ0) is 9.76. The Bertz CT molecular complexity index is 399. The SMILES string of the molecule is O=C1NC(c2ncc(I)s2)C12CCC2. The number of hydrogen-bond acceptors (Lipinski definition) is 3. The second kappa shape index (κ2) is 2.91. The summed E-state index contributed by atoms with van der Waals surface area (Å²) >= 11 is 3.95. The Hall–Kier alpha value is -0.170. The van der Waals surface area contributed by atoms with Crippen LogP contribution in [0.1, 0.15) is 30.3 Å². The molecule has 1 aliphatic heterocycles. The number of aromatic nitrogens is 1. The van der Waals surface area contributed by atoms with Gasteiger partial charge >= 0.3 is 0 Å². The lowest BCUT2D eigenvalue weighted by Gasteiger charge is -2.53. The molecule has 74 valence electrons. The standard InChI is InChI=1S/C9H9IN2OS/c10-5-4-11-7(14-5)6-9(2-1-3-9)8(13)12-6/h4,6H,1-3H2,(H,12,13). The van der Waals surface area contributed by atoms with Crippen molar-refractivity contribution in [3.8, 4) is 0 Å². The Balaban J connectivity index is 1.91. The molecule has 2 aliphatic rings. The number of amides is 1. The number of hydrogen-bond donors (Lipinski definition) is 1. The lowest BCUT2D eigenvalue weighted by Crippen LogP contribution is -2.64. The molecular formula is C9H9IN2OS. The van der Waals surface area contributed by atoms with Crippen molar-refractivity contribution in [2.75, 3.05) is 0 Å². The molecule has 5 heteroatoms. The third kappa shape index (κ3) is 1.02. The highest BCUT2D eigenvalue weighted by Gasteiger charge is 2.59. The normalized spacial score (nSPS) is 28.1. The zero-order valence-electron chi connectivity index (χ0n) is 7.42. The van der Waals surface area contributed by atoms with E-state index in [1.165, 1.54) is 9.30 Å². The van der Waals surface area contributed by atoms with Crippen molar-refractivity contribution in [1.82, 2.24) is 10.3 Å². The summed E-state index contributed by atoms with van der Waals surface area (Å²) in [6.07, 6.45) is 5.14. The first-order chi connectivity index (χ1) is 6.72. The second-order valence-corrected chi connectivity index (χ2v) is 6.88. The van der Waals surface area contributed by atoms with Gasteiger partial charge in [-0.05, 0) is 35.4 Å². The molecule has 1 saturated heterocycles. The quantitative estimate of drug-likeness (QED) is 0.636. The van der Waals surface area contributed by atoms with Crippen LogP contribution in [-0.4, -0.2) is 10.9 Å². The van der Waals surface area contributed by atoms with Crippen LogP contribution in [0.3, 0.4) is 0 Å². The summed E-state index contributed by atoms with van der Waals surface area (Å²) in [7, 11) is 0. The van der Waals surface area contributed by atoms with E-state index in [0.29, 0.717) is 0 Å². The van der Waals surface area contributed by atoms with Crippen LogP contribution >= 0.6 is 33.9 Å². The van der Waals surface area contributed by atoms with E-state index in [9.17, 15) is 4.79 Å². The van der Waals surface area contributed by atoms with Crippen LogP contribution < -0.4 is 5.32 Å². The first-order valence-electron chi connectivity index (χ1n) is 4.64. The Kier molecular flexibility index (Phi) is 1.89. The highest BCUT2D eigenvalue weighted by atomic mass is 127. The van der Waals surface area contributed by atoms with E-state index in [1.54, 1.807) is 11.3 Å². The predicted molar refractivity (Wildman–Crippen MR) is 62.0 cm³/mol. The Morgan fingerprint density at radius 1 is 1.64 bits per heavy atom. The largest absolute Gasteiger partial charge is 0.345 e. The maximum Gasteiger partial charge on any atom is 0.229 e. The van der Waals surface area contributed by atoms with Gasteiger partial charge in [0.05, 0.1) is 20.5 Å². The van der Waals surface area contributed by atoms with Gasteiger partial charge in [0.25, 0.3) is 0 Å². The third-order valence-electron chi connectivity index (χ3n) is 3.27.